The highest BCUT2D eigenvalue weighted by Gasteiger charge is 2.18. The molecule has 0 aliphatic rings. The van der Waals surface area contributed by atoms with Gasteiger partial charge in [-0.2, -0.15) is 0 Å². The number of aromatic nitrogens is 1. The largest absolute Gasteiger partial charge is 0.321 e. The summed E-state index contributed by atoms with van der Waals surface area (Å²) >= 11 is 10.7. The molecule has 11 heteroatoms. The third kappa shape index (κ3) is 8.20. The van der Waals surface area contributed by atoms with E-state index >= 15 is 0 Å². The first kappa shape index (κ1) is 30.2. The van der Waals surface area contributed by atoms with Crippen molar-refractivity contribution in [1.29, 1.82) is 0 Å². The van der Waals surface area contributed by atoms with Gasteiger partial charge in [-0.1, -0.05) is 54.1 Å². The maximum atomic E-state index is 13.3. The lowest BCUT2D eigenvalue weighted by atomic mass is 10.1. The fourth-order valence-electron chi connectivity index (χ4n) is 3.84. The molecule has 0 fully saturated rings. The molecule has 43 heavy (non-hydrogen) atoms. The predicted molar refractivity (Wildman–Crippen MR) is 178 cm³/mol. The van der Waals surface area contributed by atoms with E-state index < -0.39 is 11.8 Å². The van der Waals surface area contributed by atoms with Crippen LogP contribution in [0.4, 0.5) is 10.8 Å². The highest BCUT2D eigenvalue weighted by atomic mass is 35.5. The van der Waals surface area contributed by atoms with Crippen molar-refractivity contribution in [2.75, 3.05) is 10.6 Å². The molecule has 2 aromatic heterocycles. The lowest BCUT2D eigenvalue weighted by Gasteiger charge is -2.13. The molecule has 0 saturated carbocycles. The Morgan fingerprint density at radius 2 is 1.63 bits per heavy atom. The van der Waals surface area contributed by atoms with E-state index in [1.54, 1.807) is 72.0 Å². The molecule has 5 aromatic rings. The fraction of sp³-hybridized carbons (Fsp3) is 0.0625. The Hall–Kier alpha value is -4.22. The SMILES string of the molecule is CC(Sc1ccc(NC(=O)/C(=C/c2ccccc2Cl)NC(=O)c2ccccc2)cc1)C(=O)Nc1nc(-c2cccs2)cs1. The van der Waals surface area contributed by atoms with Gasteiger partial charge in [0.05, 0.1) is 15.8 Å². The monoisotopic (exact) mass is 644 g/mol. The number of nitrogens with one attached hydrogen (secondary N) is 3. The Labute approximate surface area is 266 Å². The number of thiazole rings is 1. The highest BCUT2D eigenvalue weighted by Crippen LogP contribution is 2.30. The van der Waals surface area contributed by atoms with Crippen LogP contribution >= 0.6 is 46.0 Å². The summed E-state index contributed by atoms with van der Waals surface area (Å²) in [6.07, 6.45) is 1.54. The molecule has 3 aromatic carbocycles. The van der Waals surface area contributed by atoms with Crippen LogP contribution in [0.3, 0.4) is 0 Å². The second-order valence-corrected chi connectivity index (χ2v) is 12.8. The van der Waals surface area contributed by atoms with Gasteiger partial charge in [-0.15, -0.1) is 34.4 Å². The molecule has 1 atom stereocenters. The van der Waals surface area contributed by atoms with Gasteiger partial charge in [-0.3, -0.25) is 14.4 Å². The molecule has 5 rings (SSSR count). The van der Waals surface area contributed by atoms with E-state index in [1.807, 2.05) is 48.0 Å². The Balaban J connectivity index is 1.22. The summed E-state index contributed by atoms with van der Waals surface area (Å²) < 4.78 is 0. The summed E-state index contributed by atoms with van der Waals surface area (Å²) in [6.45, 7) is 1.82. The Morgan fingerprint density at radius 3 is 2.35 bits per heavy atom. The second kappa shape index (κ2) is 14.3. The number of anilines is 2. The van der Waals surface area contributed by atoms with Gasteiger partial charge in [0.15, 0.2) is 5.13 Å². The number of benzene rings is 3. The van der Waals surface area contributed by atoms with Crippen molar-refractivity contribution < 1.29 is 14.4 Å². The highest BCUT2D eigenvalue weighted by molar-refractivity contribution is 8.00. The third-order valence-corrected chi connectivity index (χ3v) is 9.14. The molecule has 0 spiro atoms. The standard InChI is InChI=1S/C32H25ClN4O3S3/c1-20(29(38)37-32-36-27(19-42-32)28-12-7-17-41-28)43-24-15-13-23(14-16-24)34-31(40)26(18-22-10-5-6-11-25(22)33)35-30(39)21-8-3-2-4-9-21/h2-20H,1H3,(H,34,40)(H,35,39)(H,36,37,38)/b26-18-. The number of nitrogens with zero attached hydrogens (tertiary/aromatic N) is 1. The van der Waals surface area contributed by atoms with E-state index in [4.69, 9.17) is 11.6 Å². The zero-order valence-electron chi connectivity index (χ0n) is 22.7. The van der Waals surface area contributed by atoms with Crippen LogP contribution in [0, 0.1) is 0 Å². The molecule has 2 heterocycles. The van der Waals surface area contributed by atoms with E-state index in [-0.39, 0.29) is 16.9 Å². The summed E-state index contributed by atoms with van der Waals surface area (Å²) in [5.41, 5.74) is 2.40. The van der Waals surface area contributed by atoms with E-state index in [0.29, 0.717) is 27.0 Å². The molecule has 216 valence electrons. The number of carbonyl (C=O) groups is 3. The molecule has 0 aliphatic carbocycles. The van der Waals surface area contributed by atoms with Crippen molar-refractivity contribution in [3.8, 4) is 10.6 Å². The van der Waals surface area contributed by atoms with E-state index in [0.717, 1.165) is 15.5 Å². The first-order valence-corrected chi connectivity index (χ1v) is 16.1. The van der Waals surface area contributed by atoms with Crippen molar-refractivity contribution in [3.05, 3.63) is 124 Å². The Kier molecular flexibility index (Phi) is 10.1. The fourth-order valence-corrected chi connectivity index (χ4v) is 6.37. The molecule has 0 bridgehead atoms. The number of thioether (sulfide) groups is 1. The third-order valence-electron chi connectivity index (χ3n) is 6.04. The predicted octanol–water partition coefficient (Wildman–Crippen LogP) is 8.05. The van der Waals surface area contributed by atoms with Gasteiger partial charge in [0.2, 0.25) is 5.91 Å². The zero-order valence-corrected chi connectivity index (χ0v) is 25.9. The van der Waals surface area contributed by atoms with Crippen LogP contribution in [0.5, 0.6) is 0 Å². The lowest BCUT2D eigenvalue weighted by molar-refractivity contribution is -0.115. The zero-order chi connectivity index (χ0) is 30.2. The molecule has 3 amide bonds. The van der Waals surface area contributed by atoms with Gasteiger partial charge < -0.3 is 16.0 Å². The van der Waals surface area contributed by atoms with Crippen molar-refractivity contribution in [2.45, 2.75) is 17.1 Å². The first-order chi connectivity index (χ1) is 20.9. The van der Waals surface area contributed by atoms with Gasteiger partial charge in [0, 0.05) is 26.5 Å². The van der Waals surface area contributed by atoms with E-state index in [1.165, 1.54) is 29.2 Å². The minimum absolute atomic E-state index is 0.0371. The molecule has 0 saturated heterocycles. The van der Waals surface area contributed by atoms with Crippen molar-refractivity contribution in [2.24, 2.45) is 0 Å². The second-order valence-electron chi connectivity index (χ2n) is 9.14. The molecular weight excluding hydrogens is 620 g/mol. The number of thiophene rings is 1. The number of amides is 3. The van der Waals surface area contributed by atoms with Gasteiger partial charge in [0.25, 0.3) is 11.8 Å². The number of rotatable bonds is 10. The van der Waals surface area contributed by atoms with Crippen LogP contribution in [-0.2, 0) is 9.59 Å². The lowest BCUT2D eigenvalue weighted by Crippen LogP contribution is -2.30. The van der Waals surface area contributed by atoms with Gasteiger partial charge >= 0.3 is 0 Å². The summed E-state index contributed by atoms with van der Waals surface area (Å²) in [6, 6.07) is 26.8. The van der Waals surface area contributed by atoms with E-state index in [9.17, 15) is 14.4 Å². The van der Waals surface area contributed by atoms with Crippen LogP contribution in [0.1, 0.15) is 22.8 Å². The summed E-state index contributed by atoms with van der Waals surface area (Å²) in [5, 5.41) is 13.0. The Morgan fingerprint density at radius 1 is 0.884 bits per heavy atom. The average Bonchev–Trinajstić information content (AvgIpc) is 3.72. The molecule has 1 unspecified atom stereocenters. The van der Waals surface area contributed by atoms with E-state index in [2.05, 4.69) is 20.9 Å². The molecule has 0 aliphatic heterocycles. The number of hydrogen-bond acceptors (Lipinski definition) is 7. The van der Waals surface area contributed by atoms with Gasteiger partial charge in [-0.05, 0) is 72.5 Å². The minimum atomic E-state index is -0.511. The van der Waals surface area contributed by atoms with Gasteiger partial charge in [0.1, 0.15) is 5.70 Å². The summed E-state index contributed by atoms with van der Waals surface area (Å²) in [7, 11) is 0. The number of halogens is 1. The smallest absolute Gasteiger partial charge is 0.272 e. The summed E-state index contributed by atoms with van der Waals surface area (Å²) in [4.78, 5) is 45.4. The van der Waals surface area contributed by atoms with Crippen LogP contribution in [0.2, 0.25) is 5.02 Å². The average molecular weight is 645 g/mol. The number of hydrogen-bond donors (Lipinski definition) is 3. The van der Waals surface area contributed by atoms with Crippen LogP contribution in [0.15, 0.2) is 112 Å². The van der Waals surface area contributed by atoms with Gasteiger partial charge in [-0.25, -0.2) is 4.98 Å². The number of carbonyl (C=O) groups excluding carboxylic acids is 3. The molecular formula is C32H25ClN4O3S3. The maximum Gasteiger partial charge on any atom is 0.272 e. The van der Waals surface area contributed by atoms with Crippen molar-refractivity contribution in [1.82, 2.24) is 10.3 Å². The molecule has 7 nitrogen and oxygen atoms in total. The van der Waals surface area contributed by atoms with Crippen molar-refractivity contribution >= 4 is 80.7 Å². The Bertz CT molecular complexity index is 1750. The van der Waals surface area contributed by atoms with Crippen LogP contribution < -0.4 is 16.0 Å². The van der Waals surface area contributed by atoms with Crippen LogP contribution in [-0.4, -0.2) is 28.0 Å². The van der Waals surface area contributed by atoms with Crippen molar-refractivity contribution in [3.63, 3.8) is 0 Å². The first-order valence-electron chi connectivity index (χ1n) is 13.1. The summed E-state index contributed by atoms with van der Waals surface area (Å²) in [5.74, 6) is -1.09. The maximum absolute atomic E-state index is 13.3. The minimum Gasteiger partial charge on any atom is -0.321 e. The normalized spacial score (nSPS) is 11.9. The molecule has 0 radical (unpaired) electrons. The molecule has 3 N–H and O–H groups in total. The van der Waals surface area contributed by atoms with Crippen LogP contribution in [0.25, 0.3) is 16.6 Å². The quantitative estimate of drug-likeness (QED) is 0.105. The topological polar surface area (TPSA) is 100 Å².